The van der Waals surface area contributed by atoms with Crippen molar-refractivity contribution in [2.24, 2.45) is 0 Å². The SMILES string of the molecule is COCC[C@H](Oc1ccc(O)c(C)c1)c1cccc(-c2ccc(Cl)cc2)n1. The Morgan fingerprint density at radius 1 is 1.07 bits per heavy atom. The molecule has 4 nitrogen and oxygen atoms in total. The van der Waals surface area contributed by atoms with E-state index in [1.807, 2.05) is 55.5 Å². The first kappa shape index (κ1) is 19.2. The van der Waals surface area contributed by atoms with Gasteiger partial charge in [0.2, 0.25) is 0 Å². The van der Waals surface area contributed by atoms with Gasteiger partial charge in [-0.3, -0.25) is 0 Å². The largest absolute Gasteiger partial charge is 0.508 e. The van der Waals surface area contributed by atoms with E-state index in [9.17, 15) is 5.11 Å². The van der Waals surface area contributed by atoms with Crippen LogP contribution in [0.4, 0.5) is 0 Å². The maximum atomic E-state index is 9.72. The Balaban J connectivity index is 1.88. The van der Waals surface area contributed by atoms with Crippen LogP contribution in [0.1, 0.15) is 23.8 Å². The zero-order chi connectivity index (χ0) is 19.2. The average molecular weight is 384 g/mol. The molecule has 0 amide bonds. The van der Waals surface area contributed by atoms with E-state index in [-0.39, 0.29) is 11.9 Å². The van der Waals surface area contributed by atoms with Crippen molar-refractivity contribution in [3.8, 4) is 22.8 Å². The van der Waals surface area contributed by atoms with Crippen molar-refractivity contribution in [2.45, 2.75) is 19.4 Å². The molecule has 0 saturated carbocycles. The number of pyridine rings is 1. The van der Waals surface area contributed by atoms with Crippen LogP contribution in [0.3, 0.4) is 0 Å². The maximum Gasteiger partial charge on any atom is 0.143 e. The number of benzene rings is 2. The molecule has 27 heavy (non-hydrogen) atoms. The van der Waals surface area contributed by atoms with Gasteiger partial charge in [0, 0.05) is 24.1 Å². The average Bonchev–Trinajstić information content (AvgIpc) is 2.68. The van der Waals surface area contributed by atoms with E-state index >= 15 is 0 Å². The normalized spacial score (nSPS) is 12.0. The van der Waals surface area contributed by atoms with Crippen LogP contribution in [0.5, 0.6) is 11.5 Å². The van der Waals surface area contributed by atoms with Gasteiger partial charge in [0.15, 0.2) is 0 Å². The Labute approximate surface area is 164 Å². The Morgan fingerprint density at radius 3 is 2.56 bits per heavy atom. The molecule has 3 aromatic rings. The molecule has 2 aromatic carbocycles. The van der Waals surface area contributed by atoms with Crippen molar-refractivity contribution in [3.63, 3.8) is 0 Å². The molecule has 0 aliphatic rings. The van der Waals surface area contributed by atoms with Gasteiger partial charge in [-0.1, -0.05) is 29.8 Å². The lowest BCUT2D eigenvalue weighted by Gasteiger charge is -2.20. The van der Waals surface area contributed by atoms with Crippen LogP contribution in [-0.2, 0) is 4.74 Å². The number of aryl methyl sites for hydroxylation is 1. The minimum atomic E-state index is -0.263. The van der Waals surface area contributed by atoms with Crippen LogP contribution in [-0.4, -0.2) is 23.8 Å². The first-order chi connectivity index (χ1) is 13.1. The summed E-state index contributed by atoms with van der Waals surface area (Å²) in [6.07, 6.45) is 0.397. The third-order valence-corrected chi connectivity index (χ3v) is 4.52. The summed E-state index contributed by atoms with van der Waals surface area (Å²) in [5.41, 5.74) is 3.44. The number of hydrogen-bond acceptors (Lipinski definition) is 4. The molecule has 1 aromatic heterocycles. The summed E-state index contributed by atoms with van der Waals surface area (Å²) in [7, 11) is 1.67. The number of methoxy groups -OCH3 is 1. The van der Waals surface area contributed by atoms with Gasteiger partial charge in [0.05, 0.1) is 18.0 Å². The lowest BCUT2D eigenvalue weighted by Crippen LogP contribution is -2.12. The summed E-state index contributed by atoms with van der Waals surface area (Å²) in [5, 5.41) is 10.4. The lowest BCUT2D eigenvalue weighted by molar-refractivity contribution is 0.123. The van der Waals surface area contributed by atoms with Gasteiger partial charge >= 0.3 is 0 Å². The number of ether oxygens (including phenoxy) is 2. The van der Waals surface area contributed by atoms with E-state index in [0.29, 0.717) is 23.8 Å². The van der Waals surface area contributed by atoms with Gasteiger partial charge in [-0.15, -0.1) is 0 Å². The molecule has 1 N–H and O–H groups in total. The first-order valence-corrected chi connectivity index (χ1v) is 9.12. The summed E-state index contributed by atoms with van der Waals surface area (Å²) >= 11 is 5.98. The highest BCUT2D eigenvalue weighted by Gasteiger charge is 2.16. The predicted octanol–water partition coefficient (Wildman–Crippen LogP) is 5.57. The smallest absolute Gasteiger partial charge is 0.143 e. The molecule has 0 unspecified atom stereocenters. The molecule has 1 heterocycles. The Kier molecular flexibility index (Phi) is 6.32. The zero-order valence-corrected chi connectivity index (χ0v) is 16.1. The fourth-order valence-corrected chi connectivity index (χ4v) is 2.90. The number of phenols is 1. The summed E-state index contributed by atoms with van der Waals surface area (Å²) in [6.45, 7) is 2.39. The summed E-state index contributed by atoms with van der Waals surface area (Å²) in [5.74, 6) is 0.934. The predicted molar refractivity (Wildman–Crippen MR) is 107 cm³/mol. The molecule has 0 aliphatic carbocycles. The second-order valence-corrected chi connectivity index (χ2v) is 6.73. The van der Waals surface area contributed by atoms with Crippen molar-refractivity contribution in [2.75, 3.05) is 13.7 Å². The third-order valence-electron chi connectivity index (χ3n) is 4.27. The molecule has 0 spiro atoms. The van der Waals surface area contributed by atoms with Crippen LogP contribution in [0, 0.1) is 6.92 Å². The van der Waals surface area contributed by atoms with Crippen molar-refractivity contribution in [3.05, 3.63) is 76.9 Å². The number of aromatic hydroxyl groups is 1. The molecule has 140 valence electrons. The van der Waals surface area contributed by atoms with E-state index in [1.54, 1.807) is 19.2 Å². The summed E-state index contributed by atoms with van der Waals surface area (Å²) < 4.78 is 11.4. The molecule has 3 rings (SSSR count). The number of aromatic nitrogens is 1. The second-order valence-electron chi connectivity index (χ2n) is 6.29. The standard InChI is InChI=1S/C22H22ClNO3/c1-15-14-18(10-11-21(15)25)27-22(12-13-26-2)20-5-3-4-19(24-20)16-6-8-17(23)9-7-16/h3-11,14,22,25H,12-13H2,1-2H3/t22-/m0/s1. The molecule has 0 radical (unpaired) electrons. The van der Waals surface area contributed by atoms with Crippen molar-refractivity contribution < 1.29 is 14.6 Å². The van der Waals surface area contributed by atoms with E-state index < -0.39 is 0 Å². The highest BCUT2D eigenvalue weighted by Crippen LogP contribution is 2.29. The van der Waals surface area contributed by atoms with Gasteiger partial charge in [0.1, 0.15) is 17.6 Å². The highest BCUT2D eigenvalue weighted by molar-refractivity contribution is 6.30. The van der Waals surface area contributed by atoms with E-state index in [1.165, 1.54) is 0 Å². The van der Waals surface area contributed by atoms with Crippen molar-refractivity contribution in [1.82, 2.24) is 4.98 Å². The Hall–Kier alpha value is -2.56. The number of nitrogens with zero attached hydrogens (tertiary/aromatic N) is 1. The van der Waals surface area contributed by atoms with Crippen LogP contribution >= 0.6 is 11.6 Å². The molecular formula is C22H22ClNO3. The number of rotatable bonds is 7. The monoisotopic (exact) mass is 383 g/mol. The van der Waals surface area contributed by atoms with Crippen LogP contribution in [0.25, 0.3) is 11.3 Å². The lowest BCUT2D eigenvalue weighted by atomic mass is 10.1. The Bertz CT molecular complexity index is 896. The number of phenolic OH excluding ortho intramolecular Hbond substituents is 1. The molecule has 5 heteroatoms. The second kappa shape index (κ2) is 8.89. The van der Waals surface area contributed by atoms with Gasteiger partial charge in [-0.05, 0) is 55.0 Å². The topological polar surface area (TPSA) is 51.6 Å². The quantitative estimate of drug-likeness (QED) is 0.579. The van der Waals surface area contributed by atoms with Gasteiger partial charge < -0.3 is 14.6 Å². The fraction of sp³-hybridized carbons (Fsp3) is 0.227. The van der Waals surface area contributed by atoms with Crippen molar-refractivity contribution >= 4 is 11.6 Å². The van der Waals surface area contributed by atoms with Crippen molar-refractivity contribution in [1.29, 1.82) is 0 Å². The molecule has 0 saturated heterocycles. The summed E-state index contributed by atoms with van der Waals surface area (Å²) in [6, 6.07) is 18.7. The summed E-state index contributed by atoms with van der Waals surface area (Å²) in [4.78, 5) is 4.79. The molecular weight excluding hydrogens is 362 g/mol. The Morgan fingerprint density at radius 2 is 1.85 bits per heavy atom. The van der Waals surface area contributed by atoms with E-state index in [2.05, 4.69) is 0 Å². The van der Waals surface area contributed by atoms with Crippen LogP contribution in [0.2, 0.25) is 5.02 Å². The van der Waals surface area contributed by atoms with E-state index in [0.717, 1.165) is 22.5 Å². The molecule has 0 aliphatic heterocycles. The van der Waals surface area contributed by atoms with E-state index in [4.69, 9.17) is 26.1 Å². The number of halogens is 1. The molecule has 0 bridgehead atoms. The minimum absolute atomic E-state index is 0.249. The first-order valence-electron chi connectivity index (χ1n) is 8.75. The van der Waals surface area contributed by atoms with Crippen LogP contribution < -0.4 is 4.74 Å². The van der Waals surface area contributed by atoms with Crippen LogP contribution in [0.15, 0.2) is 60.7 Å². The van der Waals surface area contributed by atoms with Gasteiger partial charge in [-0.25, -0.2) is 4.98 Å². The maximum absolute atomic E-state index is 9.72. The van der Waals surface area contributed by atoms with Gasteiger partial charge in [-0.2, -0.15) is 0 Å². The highest BCUT2D eigenvalue weighted by atomic mass is 35.5. The molecule has 0 fully saturated rings. The number of hydrogen-bond donors (Lipinski definition) is 1. The molecule has 1 atom stereocenters. The zero-order valence-electron chi connectivity index (χ0n) is 15.4. The minimum Gasteiger partial charge on any atom is -0.508 e. The third kappa shape index (κ3) is 5.00. The van der Waals surface area contributed by atoms with Gasteiger partial charge in [0.25, 0.3) is 0 Å². The fourth-order valence-electron chi connectivity index (χ4n) is 2.77.